The number of methoxy groups -OCH3 is 2. The van der Waals surface area contributed by atoms with Gasteiger partial charge in [-0.05, 0) is 18.2 Å². The second kappa shape index (κ2) is 6.69. The number of carbonyl (C=O) groups is 1. The van der Waals surface area contributed by atoms with Crippen molar-refractivity contribution in [3.05, 3.63) is 23.8 Å². The van der Waals surface area contributed by atoms with E-state index in [1.54, 1.807) is 0 Å². The summed E-state index contributed by atoms with van der Waals surface area (Å²) in [5.41, 5.74) is -0.200. The lowest BCUT2D eigenvalue weighted by Gasteiger charge is -2.17. The van der Waals surface area contributed by atoms with Crippen molar-refractivity contribution in [1.29, 1.82) is 0 Å². The fourth-order valence-corrected chi connectivity index (χ4v) is 2.65. The summed E-state index contributed by atoms with van der Waals surface area (Å²) in [4.78, 5) is 11.3. The molecule has 20 heavy (non-hydrogen) atoms. The van der Waals surface area contributed by atoms with Gasteiger partial charge in [-0.3, -0.25) is 0 Å². The molecule has 0 aromatic heterocycles. The molecule has 1 rings (SSSR count). The number of nitrogens with zero attached hydrogens (tertiary/aromatic N) is 1. The first-order valence-corrected chi connectivity index (χ1v) is 7.15. The fourth-order valence-electron chi connectivity index (χ4n) is 1.47. The molecule has 7 nitrogen and oxygen atoms in total. The molecule has 0 heterocycles. The molecule has 0 amide bonds. The molecule has 0 saturated carbocycles. The van der Waals surface area contributed by atoms with E-state index in [0.29, 0.717) is 0 Å². The zero-order chi connectivity index (χ0) is 15.3. The summed E-state index contributed by atoms with van der Waals surface area (Å²) < 4.78 is 34.9. The average Bonchev–Trinajstić information content (AvgIpc) is 2.43. The number of phenolic OH excluding ortho intramolecular Hbond substituents is 1. The molecule has 8 heteroatoms. The minimum atomic E-state index is -3.76. The van der Waals surface area contributed by atoms with Crippen molar-refractivity contribution in [3.63, 3.8) is 0 Å². The second-order valence-corrected chi connectivity index (χ2v) is 6.03. The Balaban J connectivity index is 3.16. The van der Waals surface area contributed by atoms with Crippen LogP contribution >= 0.6 is 0 Å². The fraction of sp³-hybridized carbons (Fsp3) is 0.417. The number of phenols is 1. The molecule has 0 aliphatic carbocycles. The Morgan fingerprint density at radius 1 is 1.35 bits per heavy atom. The molecule has 112 valence electrons. The summed E-state index contributed by atoms with van der Waals surface area (Å²) in [6, 6.07) is 3.45. The molecule has 0 aliphatic rings. The van der Waals surface area contributed by atoms with Gasteiger partial charge in [0.05, 0.1) is 18.6 Å². The Labute approximate surface area is 117 Å². The van der Waals surface area contributed by atoms with Crippen LogP contribution < -0.4 is 0 Å². The summed E-state index contributed by atoms with van der Waals surface area (Å²) in [5, 5.41) is 9.55. The number of esters is 1. The third-order valence-corrected chi connectivity index (χ3v) is 4.54. The molecule has 0 atom stereocenters. The molecule has 1 aromatic rings. The van der Waals surface area contributed by atoms with E-state index in [4.69, 9.17) is 4.74 Å². The smallest absolute Gasteiger partial charge is 0.341 e. The monoisotopic (exact) mass is 303 g/mol. The van der Waals surface area contributed by atoms with Crippen LogP contribution in [0.2, 0.25) is 0 Å². The minimum absolute atomic E-state index is 0.102. The minimum Gasteiger partial charge on any atom is -0.507 e. The highest BCUT2D eigenvalue weighted by atomic mass is 32.2. The van der Waals surface area contributed by atoms with Crippen LogP contribution in [-0.4, -0.2) is 58.2 Å². The van der Waals surface area contributed by atoms with Gasteiger partial charge in [0.1, 0.15) is 11.3 Å². The number of benzene rings is 1. The molecule has 0 unspecified atom stereocenters. The number of likely N-dealkylation sites (N-methyl/N-ethyl adjacent to an activating group) is 1. The maximum atomic E-state index is 12.2. The van der Waals surface area contributed by atoms with E-state index in [-0.39, 0.29) is 29.4 Å². The lowest BCUT2D eigenvalue weighted by molar-refractivity contribution is 0.0597. The molecule has 0 spiro atoms. The molecule has 0 radical (unpaired) electrons. The molecule has 0 saturated heterocycles. The average molecular weight is 303 g/mol. The van der Waals surface area contributed by atoms with Crippen molar-refractivity contribution in [2.75, 3.05) is 34.4 Å². The predicted molar refractivity (Wildman–Crippen MR) is 71.1 cm³/mol. The van der Waals surface area contributed by atoms with Crippen LogP contribution in [0.5, 0.6) is 5.75 Å². The van der Waals surface area contributed by atoms with Crippen LogP contribution in [0.4, 0.5) is 0 Å². The number of rotatable bonds is 6. The van der Waals surface area contributed by atoms with Gasteiger partial charge in [-0.1, -0.05) is 0 Å². The van der Waals surface area contributed by atoms with Crippen molar-refractivity contribution in [2.45, 2.75) is 4.90 Å². The zero-order valence-corrected chi connectivity index (χ0v) is 12.3. The van der Waals surface area contributed by atoms with Gasteiger partial charge in [0.2, 0.25) is 10.0 Å². The summed E-state index contributed by atoms with van der Waals surface area (Å²) in [7, 11) is 0.259. The molecule has 0 bridgehead atoms. The second-order valence-electron chi connectivity index (χ2n) is 3.99. The standard InChI is InChI=1S/C12H17NO6S/c1-13(6-7-18-2)20(16,17)9-4-5-11(14)10(8-9)12(15)19-3/h4-5,8,14H,6-7H2,1-3H3. The zero-order valence-electron chi connectivity index (χ0n) is 11.5. The van der Waals surface area contributed by atoms with Gasteiger partial charge in [0.25, 0.3) is 0 Å². The highest BCUT2D eigenvalue weighted by Gasteiger charge is 2.23. The predicted octanol–water partition coefficient (Wildman–Crippen LogP) is 0.446. The summed E-state index contributed by atoms with van der Waals surface area (Å²) in [6.45, 7) is 0.422. The van der Waals surface area contributed by atoms with Gasteiger partial charge in [0, 0.05) is 20.7 Å². The third kappa shape index (κ3) is 3.47. The largest absolute Gasteiger partial charge is 0.507 e. The molecule has 1 aromatic carbocycles. The highest BCUT2D eigenvalue weighted by molar-refractivity contribution is 7.89. The van der Waals surface area contributed by atoms with Crippen molar-refractivity contribution in [3.8, 4) is 5.75 Å². The lowest BCUT2D eigenvalue weighted by atomic mass is 10.2. The molecular formula is C12H17NO6S. The molecule has 0 fully saturated rings. The van der Waals surface area contributed by atoms with E-state index in [9.17, 15) is 18.3 Å². The van der Waals surface area contributed by atoms with Gasteiger partial charge in [-0.2, -0.15) is 4.31 Å². The Hall–Kier alpha value is -1.64. The van der Waals surface area contributed by atoms with Crippen molar-refractivity contribution in [2.24, 2.45) is 0 Å². The van der Waals surface area contributed by atoms with Crippen LogP contribution in [0, 0.1) is 0 Å². The molecule has 0 aliphatic heterocycles. The Kier molecular flexibility index (Phi) is 5.49. The van der Waals surface area contributed by atoms with E-state index in [2.05, 4.69) is 4.74 Å². The van der Waals surface area contributed by atoms with Gasteiger partial charge in [0.15, 0.2) is 0 Å². The first kappa shape index (κ1) is 16.4. The summed E-state index contributed by atoms with van der Waals surface area (Å²) in [6.07, 6.45) is 0. The first-order valence-electron chi connectivity index (χ1n) is 5.71. The maximum Gasteiger partial charge on any atom is 0.341 e. The number of ether oxygens (including phenoxy) is 2. The quantitative estimate of drug-likeness (QED) is 0.767. The van der Waals surface area contributed by atoms with Crippen LogP contribution in [-0.2, 0) is 19.5 Å². The van der Waals surface area contributed by atoms with Gasteiger partial charge in [-0.15, -0.1) is 0 Å². The summed E-state index contributed by atoms with van der Waals surface area (Å²) >= 11 is 0. The topological polar surface area (TPSA) is 93.1 Å². The maximum absolute atomic E-state index is 12.2. The third-order valence-electron chi connectivity index (χ3n) is 2.69. The van der Waals surface area contributed by atoms with E-state index >= 15 is 0 Å². The van der Waals surface area contributed by atoms with Crippen LogP contribution in [0.25, 0.3) is 0 Å². The van der Waals surface area contributed by atoms with Crippen molar-refractivity contribution < 1.29 is 27.8 Å². The normalized spacial score (nSPS) is 11.6. The van der Waals surface area contributed by atoms with E-state index in [0.717, 1.165) is 23.5 Å². The van der Waals surface area contributed by atoms with Gasteiger partial charge in [-0.25, -0.2) is 13.2 Å². The Morgan fingerprint density at radius 3 is 2.55 bits per heavy atom. The number of carbonyl (C=O) groups excluding carboxylic acids is 1. The van der Waals surface area contributed by atoms with Crippen LogP contribution in [0.15, 0.2) is 23.1 Å². The lowest BCUT2D eigenvalue weighted by Crippen LogP contribution is -2.30. The Bertz CT molecular complexity index is 584. The van der Waals surface area contributed by atoms with E-state index in [1.807, 2.05) is 0 Å². The van der Waals surface area contributed by atoms with Crippen LogP contribution in [0.1, 0.15) is 10.4 Å². The number of aromatic hydroxyl groups is 1. The first-order chi connectivity index (χ1) is 9.34. The molecular weight excluding hydrogens is 286 g/mol. The number of sulfonamides is 1. The van der Waals surface area contributed by atoms with Crippen molar-refractivity contribution >= 4 is 16.0 Å². The Morgan fingerprint density at radius 2 is 2.00 bits per heavy atom. The van der Waals surface area contributed by atoms with E-state index < -0.39 is 16.0 Å². The SMILES string of the molecule is COCCN(C)S(=O)(=O)c1ccc(O)c(C(=O)OC)c1. The van der Waals surface area contributed by atoms with Crippen molar-refractivity contribution in [1.82, 2.24) is 4.31 Å². The van der Waals surface area contributed by atoms with E-state index in [1.165, 1.54) is 20.2 Å². The number of hydrogen-bond donors (Lipinski definition) is 1. The molecule has 1 N–H and O–H groups in total. The highest BCUT2D eigenvalue weighted by Crippen LogP contribution is 2.23. The number of hydrogen-bond acceptors (Lipinski definition) is 6. The summed E-state index contributed by atoms with van der Waals surface area (Å²) in [5.74, 6) is -1.14. The van der Waals surface area contributed by atoms with Gasteiger partial charge >= 0.3 is 5.97 Å². The van der Waals surface area contributed by atoms with Gasteiger partial charge < -0.3 is 14.6 Å². The van der Waals surface area contributed by atoms with Crippen LogP contribution in [0.3, 0.4) is 0 Å².